The molecule has 0 fully saturated rings. The van der Waals surface area contributed by atoms with E-state index in [1.54, 1.807) is 30.2 Å². The zero-order valence-electron chi connectivity index (χ0n) is 15.3. The minimum Gasteiger partial charge on any atom is -0.497 e. The molecule has 8 heteroatoms. The molecule has 3 heterocycles. The third kappa shape index (κ3) is 3.17. The largest absolute Gasteiger partial charge is 0.497 e. The number of thiazole rings is 1. The van der Waals surface area contributed by atoms with E-state index in [9.17, 15) is 0 Å². The standard InChI is InChI=1S/C20H18N4OS3/c1-25-13-6-4-12(5-7-13)20(8-3-9-23-20)19-24-15(11-27-19)14-10-16(17(21)22)28-18(14)26-2/h3-11H,1-2H3,(H3,21,22). The highest BCUT2D eigenvalue weighted by Crippen LogP contribution is 2.43. The maximum Gasteiger partial charge on any atom is 0.155 e. The average molecular weight is 427 g/mol. The van der Waals surface area contributed by atoms with Crippen LogP contribution in [-0.4, -0.2) is 30.4 Å². The summed E-state index contributed by atoms with van der Waals surface area (Å²) in [6.07, 6.45) is 7.87. The number of aliphatic imine (C=N–C) groups is 1. The average Bonchev–Trinajstić information content (AvgIpc) is 3.46. The number of nitrogen functional groups attached to an aromatic ring is 1. The van der Waals surface area contributed by atoms with Crippen molar-refractivity contribution < 1.29 is 4.74 Å². The summed E-state index contributed by atoms with van der Waals surface area (Å²) >= 11 is 4.75. The molecule has 0 bridgehead atoms. The SMILES string of the molecule is COc1ccc(C2(c3nc(-c4cc(C(=N)N)sc4SC)cs3)C=CC=N2)cc1. The van der Waals surface area contributed by atoms with E-state index in [1.807, 2.05) is 54.3 Å². The zero-order valence-corrected chi connectivity index (χ0v) is 17.8. The van der Waals surface area contributed by atoms with Crippen molar-refractivity contribution in [3.05, 3.63) is 63.3 Å². The summed E-state index contributed by atoms with van der Waals surface area (Å²) in [7, 11) is 1.66. The topological polar surface area (TPSA) is 84.3 Å². The maximum absolute atomic E-state index is 7.72. The Labute approximate surface area is 175 Å². The number of benzene rings is 1. The van der Waals surface area contributed by atoms with Crippen LogP contribution in [0.5, 0.6) is 5.75 Å². The Kier molecular flexibility index (Phi) is 5.09. The molecule has 0 aliphatic carbocycles. The second kappa shape index (κ2) is 7.54. The molecular weight excluding hydrogens is 408 g/mol. The molecule has 142 valence electrons. The van der Waals surface area contributed by atoms with Gasteiger partial charge in [0.05, 0.1) is 21.9 Å². The molecule has 0 saturated heterocycles. The number of ether oxygens (including phenoxy) is 1. The summed E-state index contributed by atoms with van der Waals surface area (Å²) in [6.45, 7) is 0. The summed E-state index contributed by atoms with van der Waals surface area (Å²) in [4.78, 5) is 10.5. The number of allylic oxidation sites excluding steroid dienone is 1. The number of nitrogens with one attached hydrogen (secondary N) is 1. The third-order valence-electron chi connectivity index (χ3n) is 4.49. The fraction of sp³-hybridized carbons (Fsp3) is 0.150. The van der Waals surface area contributed by atoms with Crippen molar-refractivity contribution in [1.82, 2.24) is 4.98 Å². The Bertz CT molecular complexity index is 1070. The Morgan fingerprint density at radius 1 is 1.29 bits per heavy atom. The van der Waals surface area contributed by atoms with Gasteiger partial charge >= 0.3 is 0 Å². The summed E-state index contributed by atoms with van der Waals surface area (Å²) in [6, 6.07) is 9.89. The van der Waals surface area contributed by atoms with Crippen LogP contribution in [0.3, 0.4) is 0 Å². The van der Waals surface area contributed by atoms with Crippen molar-refractivity contribution >= 4 is 46.5 Å². The van der Waals surface area contributed by atoms with E-state index in [4.69, 9.17) is 25.9 Å². The van der Waals surface area contributed by atoms with Crippen LogP contribution in [0, 0.1) is 5.41 Å². The molecule has 5 nitrogen and oxygen atoms in total. The van der Waals surface area contributed by atoms with Gasteiger partial charge in [-0.15, -0.1) is 34.4 Å². The van der Waals surface area contributed by atoms with Gasteiger partial charge in [-0.1, -0.05) is 12.1 Å². The van der Waals surface area contributed by atoms with Crippen molar-refractivity contribution in [2.75, 3.05) is 13.4 Å². The minimum absolute atomic E-state index is 0.0834. The van der Waals surface area contributed by atoms with Gasteiger partial charge in [-0.3, -0.25) is 10.4 Å². The first-order valence-corrected chi connectivity index (χ1v) is 11.4. The van der Waals surface area contributed by atoms with Crippen LogP contribution >= 0.6 is 34.4 Å². The molecule has 3 N–H and O–H groups in total. The van der Waals surface area contributed by atoms with Gasteiger partial charge in [0.2, 0.25) is 0 Å². The van der Waals surface area contributed by atoms with E-state index in [1.165, 1.54) is 11.3 Å². The van der Waals surface area contributed by atoms with Gasteiger partial charge in [0.25, 0.3) is 0 Å². The van der Waals surface area contributed by atoms with Crippen LogP contribution in [0.2, 0.25) is 0 Å². The summed E-state index contributed by atoms with van der Waals surface area (Å²) in [5.41, 5.74) is 8.01. The molecule has 1 unspecified atom stereocenters. The molecule has 3 aromatic rings. The maximum atomic E-state index is 7.72. The first-order valence-electron chi connectivity index (χ1n) is 8.43. The predicted molar refractivity (Wildman–Crippen MR) is 120 cm³/mol. The molecule has 1 aliphatic rings. The number of thiophene rings is 1. The van der Waals surface area contributed by atoms with Crippen LogP contribution in [0.15, 0.2) is 57.1 Å². The summed E-state index contributed by atoms with van der Waals surface area (Å²) < 4.78 is 6.38. The lowest BCUT2D eigenvalue weighted by molar-refractivity contribution is 0.414. The smallest absolute Gasteiger partial charge is 0.155 e. The van der Waals surface area contributed by atoms with Crippen molar-refractivity contribution in [1.29, 1.82) is 5.41 Å². The van der Waals surface area contributed by atoms with E-state index >= 15 is 0 Å². The molecule has 1 aromatic carbocycles. The first kappa shape index (κ1) is 18.9. The van der Waals surface area contributed by atoms with Crippen molar-refractivity contribution in [3.8, 4) is 17.0 Å². The molecule has 2 aromatic heterocycles. The van der Waals surface area contributed by atoms with Gasteiger partial charge in [0.15, 0.2) is 5.54 Å². The van der Waals surface area contributed by atoms with E-state index < -0.39 is 5.54 Å². The summed E-state index contributed by atoms with van der Waals surface area (Å²) in [5.74, 6) is 0.893. The van der Waals surface area contributed by atoms with Gasteiger partial charge in [-0.25, -0.2) is 4.98 Å². The Morgan fingerprint density at radius 2 is 2.07 bits per heavy atom. The number of nitrogens with two attached hydrogens (primary N) is 1. The quantitative estimate of drug-likeness (QED) is 0.338. The number of thioether (sulfide) groups is 1. The number of aromatic nitrogens is 1. The van der Waals surface area contributed by atoms with Crippen LogP contribution in [0.4, 0.5) is 0 Å². The highest BCUT2D eigenvalue weighted by molar-refractivity contribution is 8.00. The molecule has 28 heavy (non-hydrogen) atoms. The fourth-order valence-electron chi connectivity index (χ4n) is 3.06. The lowest BCUT2D eigenvalue weighted by Crippen LogP contribution is -2.20. The highest BCUT2D eigenvalue weighted by atomic mass is 32.2. The number of amidine groups is 1. The van der Waals surface area contributed by atoms with Gasteiger partial charge in [-0.05, 0) is 42.2 Å². The second-order valence-corrected chi connectivity index (χ2v) is 9.08. The third-order valence-corrected chi connectivity index (χ3v) is 7.76. The molecule has 1 atom stereocenters. The number of methoxy groups -OCH3 is 1. The van der Waals surface area contributed by atoms with Crippen LogP contribution in [-0.2, 0) is 5.54 Å². The monoisotopic (exact) mass is 426 g/mol. The van der Waals surface area contributed by atoms with Crippen molar-refractivity contribution in [3.63, 3.8) is 0 Å². The van der Waals surface area contributed by atoms with Crippen molar-refractivity contribution in [2.45, 2.75) is 9.75 Å². The van der Waals surface area contributed by atoms with E-state index in [2.05, 4.69) is 6.08 Å². The molecule has 4 rings (SSSR count). The van der Waals surface area contributed by atoms with E-state index in [0.29, 0.717) is 0 Å². The number of hydrogen-bond acceptors (Lipinski definition) is 7. The Balaban J connectivity index is 1.77. The zero-order chi connectivity index (χ0) is 19.7. The molecular formula is C20H18N4OS3. The van der Waals surface area contributed by atoms with Crippen LogP contribution in [0.25, 0.3) is 11.3 Å². The second-order valence-electron chi connectivity index (χ2n) is 6.10. The lowest BCUT2D eigenvalue weighted by Gasteiger charge is -2.22. The normalized spacial score (nSPS) is 17.9. The molecule has 0 spiro atoms. The Hall–Kier alpha value is -2.42. The van der Waals surface area contributed by atoms with Gasteiger partial charge in [0, 0.05) is 17.2 Å². The molecule has 1 aliphatic heterocycles. The lowest BCUT2D eigenvalue weighted by atomic mass is 9.91. The van der Waals surface area contributed by atoms with E-state index in [-0.39, 0.29) is 5.84 Å². The molecule has 0 radical (unpaired) electrons. The predicted octanol–water partition coefficient (Wildman–Crippen LogP) is 4.77. The fourth-order valence-corrected chi connectivity index (χ4v) is 5.78. The van der Waals surface area contributed by atoms with Crippen molar-refractivity contribution in [2.24, 2.45) is 10.7 Å². The van der Waals surface area contributed by atoms with E-state index in [0.717, 1.165) is 36.7 Å². The summed E-state index contributed by atoms with van der Waals surface area (Å²) in [5, 5.41) is 10.7. The molecule has 0 amide bonds. The highest BCUT2D eigenvalue weighted by Gasteiger charge is 2.36. The van der Waals surface area contributed by atoms with Crippen LogP contribution in [0.1, 0.15) is 15.4 Å². The Morgan fingerprint density at radius 3 is 2.68 bits per heavy atom. The molecule has 0 saturated carbocycles. The van der Waals surface area contributed by atoms with Gasteiger partial charge in [0.1, 0.15) is 16.6 Å². The number of hydrogen-bond donors (Lipinski definition) is 2. The van der Waals surface area contributed by atoms with Crippen LogP contribution < -0.4 is 10.5 Å². The number of rotatable bonds is 6. The first-order chi connectivity index (χ1) is 13.6. The van der Waals surface area contributed by atoms with Gasteiger partial charge in [-0.2, -0.15) is 0 Å². The minimum atomic E-state index is -0.617. The van der Waals surface area contributed by atoms with Gasteiger partial charge < -0.3 is 10.5 Å². The number of nitrogens with zero attached hydrogens (tertiary/aromatic N) is 2.